The minimum atomic E-state index is -3.25. The fourth-order valence-electron chi connectivity index (χ4n) is 1.19. The lowest BCUT2D eigenvalue weighted by molar-refractivity contribution is -0.121. The van der Waals surface area contributed by atoms with Crippen LogP contribution in [0.1, 0.15) is 34.1 Å². The third-order valence-electron chi connectivity index (χ3n) is 1.63. The molecule has 0 aromatic heterocycles. The van der Waals surface area contributed by atoms with Crippen molar-refractivity contribution in [2.75, 3.05) is 12.9 Å². The van der Waals surface area contributed by atoms with Crippen molar-refractivity contribution in [2.45, 2.75) is 46.3 Å². The first-order valence-electron chi connectivity index (χ1n) is 5.62. The largest absolute Gasteiger partial charge is 0.377 e. The molecule has 0 atom stereocenters. The van der Waals surface area contributed by atoms with E-state index >= 15 is 0 Å². The molecular formula is C10H22NO5P. The van der Waals surface area contributed by atoms with Crippen LogP contribution in [0.15, 0.2) is 0 Å². The van der Waals surface area contributed by atoms with Gasteiger partial charge in [-0.2, -0.15) is 0 Å². The summed E-state index contributed by atoms with van der Waals surface area (Å²) < 4.78 is 22.8. The van der Waals surface area contributed by atoms with E-state index in [-0.39, 0.29) is 30.7 Å². The fourth-order valence-corrected chi connectivity index (χ4v) is 3.21. The van der Waals surface area contributed by atoms with Crippen LogP contribution in [0.3, 0.4) is 0 Å². The molecule has 0 rings (SSSR count). The first-order valence-corrected chi connectivity index (χ1v) is 7.35. The average Bonchev–Trinajstić information content (AvgIpc) is 2.12. The van der Waals surface area contributed by atoms with Crippen molar-refractivity contribution in [1.29, 1.82) is 0 Å². The zero-order chi connectivity index (χ0) is 13.5. The van der Waals surface area contributed by atoms with Gasteiger partial charge in [0.2, 0.25) is 5.91 Å². The van der Waals surface area contributed by atoms with Crippen molar-refractivity contribution < 1.29 is 23.5 Å². The summed E-state index contributed by atoms with van der Waals surface area (Å²) in [7, 11) is -3.25. The highest BCUT2D eigenvalue weighted by atomic mass is 31.2. The van der Waals surface area contributed by atoms with Crippen LogP contribution < -0.4 is 5.32 Å². The molecule has 0 fully saturated rings. The Bertz CT molecular complexity index is 266. The Morgan fingerprint density at radius 2 is 1.71 bits per heavy atom. The van der Waals surface area contributed by atoms with E-state index in [1.165, 1.54) is 0 Å². The predicted octanol–water partition coefficient (Wildman–Crippen LogP) is 1.49. The Morgan fingerprint density at radius 1 is 1.24 bits per heavy atom. The van der Waals surface area contributed by atoms with E-state index in [0.717, 1.165) is 0 Å². The van der Waals surface area contributed by atoms with Gasteiger partial charge in [0.25, 0.3) is 0 Å². The maximum atomic E-state index is 12.3. The van der Waals surface area contributed by atoms with Gasteiger partial charge in [-0.3, -0.25) is 9.36 Å². The fraction of sp³-hybridized carbons (Fsp3) is 0.900. The van der Waals surface area contributed by atoms with Crippen LogP contribution in [0.5, 0.6) is 0 Å². The molecule has 1 amide bonds. The number of rotatable bonds is 8. The number of amides is 1. The monoisotopic (exact) mass is 267 g/mol. The molecule has 0 aromatic carbocycles. The van der Waals surface area contributed by atoms with E-state index in [9.17, 15) is 9.36 Å². The average molecular weight is 267 g/mol. The van der Waals surface area contributed by atoms with E-state index in [0.29, 0.717) is 0 Å². The predicted molar refractivity (Wildman–Crippen MR) is 64.8 cm³/mol. The molecule has 0 saturated carbocycles. The Labute approximate surface area is 102 Å². The van der Waals surface area contributed by atoms with Crippen LogP contribution in [0, 0.1) is 0 Å². The van der Waals surface area contributed by atoms with Gasteiger partial charge in [0.05, 0.1) is 18.4 Å². The van der Waals surface area contributed by atoms with Gasteiger partial charge in [-0.05, 0) is 27.7 Å². The summed E-state index contributed by atoms with van der Waals surface area (Å²) >= 11 is 0. The van der Waals surface area contributed by atoms with Crippen molar-refractivity contribution in [3.8, 4) is 0 Å². The van der Waals surface area contributed by atoms with Crippen LogP contribution in [-0.4, -0.2) is 36.1 Å². The molecule has 102 valence electrons. The van der Waals surface area contributed by atoms with Gasteiger partial charge in [-0.25, -0.2) is 0 Å². The molecule has 0 heterocycles. The molecule has 0 radical (unpaired) electrons. The summed E-state index contributed by atoms with van der Waals surface area (Å²) in [4.78, 5) is 11.2. The van der Waals surface area contributed by atoms with Crippen LogP contribution in [0.2, 0.25) is 0 Å². The lowest BCUT2D eigenvalue weighted by Gasteiger charge is -2.22. The second-order valence-corrected chi connectivity index (χ2v) is 6.24. The first kappa shape index (κ1) is 16.6. The van der Waals surface area contributed by atoms with Gasteiger partial charge in [-0.15, -0.1) is 0 Å². The highest BCUT2D eigenvalue weighted by Gasteiger charge is 2.28. The smallest absolute Gasteiger partial charge is 0.331 e. The van der Waals surface area contributed by atoms with Crippen molar-refractivity contribution in [3.63, 3.8) is 0 Å². The highest BCUT2D eigenvalue weighted by molar-refractivity contribution is 7.53. The zero-order valence-corrected chi connectivity index (χ0v) is 11.7. The third-order valence-corrected chi connectivity index (χ3v) is 3.89. The number of hydrogen-bond donors (Lipinski definition) is 2. The van der Waals surface area contributed by atoms with E-state index in [1.54, 1.807) is 27.7 Å². The Kier molecular flexibility index (Phi) is 7.63. The third kappa shape index (κ3) is 8.32. The van der Waals surface area contributed by atoms with Gasteiger partial charge in [0, 0.05) is 6.42 Å². The number of aliphatic hydroxyl groups is 1. The number of aliphatic hydroxyl groups excluding tert-OH is 1. The molecule has 0 unspecified atom stereocenters. The minimum absolute atomic E-state index is 0.00270. The maximum Gasteiger partial charge on any atom is 0.331 e. The van der Waals surface area contributed by atoms with Gasteiger partial charge >= 0.3 is 7.60 Å². The standard InChI is InChI=1S/C10H22NO5P/c1-8(2)15-17(14,16-9(3)4)6-5-10(13)11-7-12/h8-9,12H,5-7H2,1-4H3,(H,11,13). The van der Waals surface area contributed by atoms with Gasteiger partial charge in [0.1, 0.15) is 6.73 Å². The van der Waals surface area contributed by atoms with Crippen LogP contribution in [-0.2, 0) is 18.4 Å². The summed E-state index contributed by atoms with van der Waals surface area (Å²) in [5.41, 5.74) is 0. The van der Waals surface area contributed by atoms with Gasteiger partial charge in [0.15, 0.2) is 0 Å². The van der Waals surface area contributed by atoms with Crippen LogP contribution in [0.25, 0.3) is 0 Å². The first-order chi connectivity index (χ1) is 7.79. The number of hydrogen-bond acceptors (Lipinski definition) is 5. The molecule has 2 N–H and O–H groups in total. The normalized spacial score (nSPS) is 12.2. The summed E-state index contributed by atoms with van der Waals surface area (Å²) in [5.74, 6) is -0.382. The summed E-state index contributed by atoms with van der Waals surface area (Å²) in [6.45, 7) is 6.59. The molecule has 6 nitrogen and oxygen atoms in total. The Hall–Kier alpha value is -0.420. The summed E-state index contributed by atoms with van der Waals surface area (Å²) in [5, 5.41) is 10.7. The molecule has 0 saturated heterocycles. The van der Waals surface area contributed by atoms with Crippen molar-refractivity contribution in [2.24, 2.45) is 0 Å². The lowest BCUT2D eigenvalue weighted by Crippen LogP contribution is -2.25. The molecule has 0 spiro atoms. The van der Waals surface area contributed by atoms with E-state index in [2.05, 4.69) is 5.32 Å². The molecule has 0 aromatic rings. The topological polar surface area (TPSA) is 84.9 Å². The molecule has 17 heavy (non-hydrogen) atoms. The van der Waals surface area contributed by atoms with E-state index < -0.39 is 14.3 Å². The van der Waals surface area contributed by atoms with Gasteiger partial charge < -0.3 is 19.5 Å². The quantitative estimate of drug-likeness (QED) is 0.514. The lowest BCUT2D eigenvalue weighted by atomic mass is 10.5. The molecule has 0 aliphatic heterocycles. The molecule has 0 aliphatic carbocycles. The van der Waals surface area contributed by atoms with E-state index in [4.69, 9.17) is 14.2 Å². The van der Waals surface area contributed by atoms with Crippen molar-refractivity contribution in [3.05, 3.63) is 0 Å². The number of carbonyl (C=O) groups is 1. The molecular weight excluding hydrogens is 245 g/mol. The number of nitrogens with one attached hydrogen (secondary N) is 1. The van der Waals surface area contributed by atoms with Crippen molar-refractivity contribution in [1.82, 2.24) is 5.32 Å². The van der Waals surface area contributed by atoms with Gasteiger partial charge in [-0.1, -0.05) is 0 Å². The maximum absolute atomic E-state index is 12.3. The van der Waals surface area contributed by atoms with Crippen LogP contribution in [0.4, 0.5) is 0 Å². The molecule has 0 aliphatic rings. The Balaban J connectivity index is 4.38. The van der Waals surface area contributed by atoms with Crippen molar-refractivity contribution >= 4 is 13.5 Å². The molecule has 7 heteroatoms. The van der Waals surface area contributed by atoms with Crippen LogP contribution >= 0.6 is 7.60 Å². The van der Waals surface area contributed by atoms with E-state index in [1.807, 2.05) is 0 Å². The highest BCUT2D eigenvalue weighted by Crippen LogP contribution is 2.50. The zero-order valence-electron chi connectivity index (χ0n) is 10.8. The summed E-state index contributed by atoms with van der Waals surface area (Å²) in [6.07, 6.45) is -0.465. The number of carbonyl (C=O) groups excluding carboxylic acids is 1. The minimum Gasteiger partial charge on any atom is -0.377 e. The second-order valence-electron chi connectivity index (χ2n) is 4.15. The Morgan fingerprint density at radius 3 is 2.06 bits per heavy atom. The molecule has 0 bridgehead atoms. The summed E-state index contributed by atoms with van der Waals surface area (Å²) in [6, 6.07) is 0. The second kappa shape index (κ2) is 7.82. The SMILES string of the molecule is CC(C)OP(=O)(CCC(=O)NCO)OC(C)C.